The molecule has 0 aliphatic carbocycles. The fourth-order valence-corrected chi connectivity index (χ4v) is 3.80. The van der Waals surface area contributed by atoms with Crippen molar-refractivity contribution < 1.29 is 9.18 Å². The van der Waals surface area contributed by atoms with Crippen LogP contribution in [0.5, 0.6) is 0 Å². The predicted molar refractivity (Wildman–Crippen MR) is 101 cm³/mol. The van der Waals surface area contributed by atoms with Gasteiger partial charge in [0.05, 0.1) is 12.0 Å². The van der Waals surface area contributed by atoms with Crippen molar-refractivity contribution in [2.45, 2.75) is 45.7 Å². The molecule has 144 valence electrons. The lowest BCUT2D eigenvalue weighted by atomic mass is 9.85. The van der Waals surface area contributed by atoms with Gasteiger partial charge in [-0.1, -0.05) is 32.9 Å². The standard InChI is InChI=1S/C20H31FN4O/c1-20(2,3)17(13-25-9-4-5-10-25)23-19(26)16-12-22-24-18(16)14-7-6-8-15(21)11-14/h6-8,11,16-18,22,24H,4-5,9-10,12-13H2,1-3H3,(H,23,26). The molecule has 2 heterocycles. The summed E-state index contributed by atoms with van der Waals surface area (Å²) < 4.78 is 13.6. The first kappa shape index (κ1) is 19.3. The number of carbonyl (C=O) groups is 1. The third kappa shape index (κ3) is 4.61. The van der Waals surface area contributed by atoms with Gasteiger partial charge in [0.15, 0.2) is 0 Å². The first-order valence-corrected chi connectivity index (χ1v) is 9.61. The Morgan fingerprint density at radius 3 is 2.73 bits per heavy atom. The Morgan fingerprint density at radius 1 is 1.35 bits per heavy atom. The quantitative estimate of drug-likeness (QED) is 0.752. The van der Waals surface area contributed by atoms with Crippen LogP contribution in [0.4, 0.5) is 4.39 Å². The van der Waals surface area contributed by atoms with Crippen LogP contribution in [-0.2, 0) is 4.79 Å². The summed E-state index contributed by atoms with van der Waals surface area (Å²) >= 11 is 0. The van der Waals surface area contributed by atoms with E-state index in [1.165, 1.54) is 25.0 Å². The average Bonchev–Trinajstić information content (AvgIpc) is 3.25. The molecule has 0 spiro atoms. The highest BCUT2D eigenvalue weighted by atomic mass is 19.1. The van der Waals surface area contributed by atoms with Crippen LogP contribution >= 0.6 is 0 Å². The molecule has 1 amide bonds. The number of nitrogens with zero attached hydrogens (tertiary/aromatic N) is 1. The number of nitrogens with one attached hydrogen (secondary N) is 3. The van der Waals surface area contributed by atoms with E-state index in [-0.39, 0.29) is 35.1 Å². The van der Waals surface area contributed by atoms with Crippen LogP contribution in [0.2, 0.25) is 0 Å². The summed E-state index contributed by atoms with van der Waals surface area (Å²) in [7, 11) is 0. The number of hydrazine groups is 1. The fraction of sp³-hybridized carbons (Fsp3) is 0.650. The number of carbonyl (C=O) groups excluding carboxylic acids is 1. The number of rotatable bonds is 5. The van der Waals surface area contributed by atoms with Gasteiger partial charge in [-0.3, -0.25) is 10.2 Å². The molecule has 0 aromatic heterocycles. The lowest BCUT2D eigenvalue weighted by Gasteiger charge is -2.35. The maximum absolute atomic E-state index is 13.6. The Labute approximate surface area is 155 Å². The highest BCUT2D eigenvalue weighted by Gasteiger charge is 2.37. The van der Waals surface area contributed by atoms with Crippen molar-refractivity contribution in [1.82, 2.24) is 21.1 Å². The van der Waals surface area contributed by atoms with Crippen LogP contribution in [0.25, 0.3) is 0 Å². The maximum atomic E-state index is 13.6. The van der Waals surface area contributed by atoms with Crippen LogP contribution in [0.15, 0.2) is 24.3 Å². The van der Waals surface area contributed by atoms with Gasteiger partial charge in [-0.05, 0) is 49.0 Å². The lowest BCUT2D eigenvalue weighted by Crippen LogP contribution is -2.52. The van der Waals surface area contributed by atoms with E-state index >= 15 is 0 Å². The second-order valence-corrected chi connectivity index (χ2v) is 8.60. The number of hydrogen-bond donors (Lipinski definition) is 3. The molecular formula is C20H31FN4O. The van der Waals surface area contributed by atoms with Gasteiger partial charge in [0.1, 0.15) is 5.82 Å². The number of benzene rings is 1. The molecule has 2 aliphatic heterocycles. The highest BCUT2D eigenvalue weighted by Crippen LogP contribution is 2.27. The molecule has 2 aliphatic rings. The molecule has 1 aromatic carbocycles. The summed E-state index contributed by atoms with van der Waals surface area (Å²) in [5.41, 5.74) is 6.96. The van der Waals surface area contributed by atoms with Gasteiger partial charge in [-0.25, -0.2) is 9.82 Å². The zero-order valence-corrected chi connectivity index (χ0v) is 16.0. The van der Waals surface area contributed by atoms with E-state index in [4.69, 9.17) is 0 Å². The minimum atomic E-state index is -0.281. The van der Waals surface area contributed by atoms with Gasteiger partial charge in [0, 0.05) is 19.1 Å². The van der Waals surface area contributed by atoms with Crippen molar-refractivity contribution in [3.05, 3.63) is 35.6 Å². The van der Waals surface area contributed by atoms with E-state index in [0.29, 0.717) is 6.54 Å². The SMILES string of the molecule is CC(C)(C)C(CN1CCCC1)NC(=O)C1CNNC1c1cccc(F)c1. The van der Waals surface area contributed by atoms with Crippen LogP contribution in [0.3, 0.4) is 0 Å². The summed E-state index contributed by atoms with van der Waals surface area (Å²) in [5, 5.41) is 3.29. The molecule has 5 nitrogen and oxygen atoms in total. The number of hydrogen-bond acceptors (Lipinski definition) is 4. The third-order valence-corrected chi connectivity index (χ3v) is 5.53. The largest absolute Gasteiger partial charge is 0.351 e. The smallest absolute Gasteiger partial charge is 0.226 e. The maximum Gasteiger partial charge on any atom is 0.226 e. The first-order chi connectivity index (χ1) is 12.3. The Morgan fingerprint density at radius 2 is 2.08 bits per heavy atom. The molecule has 3 unspecified atom stereocenters. The zero-order valence-electron chi connectivity index (χ0n) is 16.0. The van der Waals surface area contributed by atoms with E-state index in [1.54, 1.807) is 6.07 Å². The van der Waals surface area contributed by atoms with Gasteiger partial charge in [0.25, 0.3) is 0 Å². The van der Waals surface area contributed by atoms with Gasteiger partial charge in [-0.2, -0.15) is 0 Å². The van der Waals surface area contributed by atoms with E-state index < -0.39 is 0 Å². The summed E-state index contributed by atoms with van der Waals surface area (Å²) in [4.78, 5) is 15.5. The summed E-state index contributed by atoms with van der Waals surface area (Å²) in [5.74, 6) is -0.520. The molecular weight excluding hydrogens is 331 g/mol. The van der Waals surface area contributed by atoms with Crippen molar-refractivity contribution >= 4 is 5.91 Å². The van der Waals surface area contributed by atoms with Gasteiger partial charge in [0.2, 0.25) is 5.91 Å². The number of halogens is 1. The summed E-state index contributed by atoms with van der Waals surface area (Å²) in [6.07, 6.45) is 2.48. The zero-order chi connectivity index (χ0) is 18.7. The molecule has 26 heavy (non-hydrogen) atoms. The van der Waals surface area contributed by atoms with E-state index in [1.807, 2.05) is 6.07 Å². The monoisotopic (exact) mass is 362 g/mol. The number of likely N-dealkylation sites (tertiary alicyclic amines) is 1. The molecule has 3 rings (SSSR count). The second-order valence-electron chi connectivity index (χ2n) is 8.60. The molecule has 1 aromatic rings. The minimum Gasteiger partial charge on any atom is -0.351 e. The summed E-state index contributed by atoms with van der Waals surface area (Å²) in [6.45, 7) is 10.2. The molecule has 3 N–H and O–H groups in total. The van der Waals surface area contributed by atoms with Gasteiger partial charge < -0.3 is 10.2 Å². The van der Waals surface area contributed by atoms with Crippen molar-refractivity contribution in [1.29, 1.82) is 0 Å². The Bertz CT molecular complexity index is 624. The second kappa shape index (κ2) is 8.03. The molecule has 6 heteroatoms. The van der Waals surface area contributed by atoms with E-state index in [9.17, 15) is 9.18 Å². The fourth-order valence-electron chi connectivity index (χ4n) is 3.80. The predicted octanol–water partition coefficient (Wildman–Crippen LogP) is 2.22. The molecule has 3 atom stereocenters. The van der Waals surface area contributed by atoms with Gasteiger partial charge >= 0.3 is 0 Å². The average molecular weight is 362 g/mol. The van der Waals surface area contributed by atoms with Crippen molar-refractivity contribution in [2.24, 2.45) is 11.3 Å². The molecule has 0 bridgehead atoms. The number of amides is 1. The normalized spacial score (nSPS) is 25.4. The van der Waals surface area contributed by atoms with Crippen molar-refractivity contribution in [3.8, 4) is 0 Å². The van der Waals surface area contributed by atoms with Crippen LogP contribution in [-0.4, -0.2) is 43.0 Å². The van der Waals surface area contributed by atoms with Crippen LogP contribution < -0.4 is 16.2 Å². The van der Waals surface area contributed by atoms with Crippen molar-refractivity contribution in [3.63, 3.8) is 0 Å². The lowest BCUT2D eigenvalue weighted by molar-refractivity contribution is -0.126. The first-order valence-electron chi connectivity index (χ1n) is 9.61. The Balaban J connectivity index is 1.69. The molecule has 2 fully saturated rings. The van der Waals surface area contributed by atoms with Gasteiger partial charge in [-0.15, -0.1) is 0 Å². The van der Waals surface area contributed by atoms with Crippen LogP contribution in [0, 0.1) is 17.2 Å². The molecule has 2 saturated heterocycles. The van der Waals surface area contributed by atoms with E-state index in [0.717, 1.165) is 25.2 Å². The van der Waals surface area contributed by atoms with Crippen LogP contribution in [0.1, 0.15) is 45.2 Å². The third-order valence-electron chi connectivity index (χ3n) is 5.53. The summed E-state index contributed by atoms with van der Waals surface area (Å²) in [6, 6.07) is 6.33. The molecule has 0 radical (unpaired) electrons. The minimum absolute atomic E-state index is 0.0218. The highest BCUT2D eigenvalue weighted by molar-refractivity contribution is 5.80. The Kier molecular flexibility index (Phi) is 5.95. The molecule has 0 saturated carbocycles. The topological polar surface area (TPSA) is 56.4 Å². The van der Waals surface area contributed by atoms with E-state index in [2.05, 4.69) is 41.8 Å². The Hall–Kier alpha value is -1.50. The van der Waals surface area contributed by atoms with Crippen molar-refractivity contribution in [2.75, 3.05) is 26.2 Å².